The van der Waals surface area contributed by atoms with Gasteiger partial charge in [0, 0.05) is 17.7 Å². The highest BCUT2D eigenvalue weighted by Gasteiger charge is 2.46. The Kier molecular flexibility index (Phi) is 6.37. The van der Waals surface area contributed by atoms with Crippen molar-refractivity contribution < 1.29 is 19.1 Å². The summed E-state index contributed by atoms with van der Waals surface area (Å²) in [5, 5.41) is 11.1. The number of aryl methyl sites for hydroxylation is 2. The van der Waals surface area contributed by atoms with Crippen molar-refractivity contribution in [3.05, 3.63) is 76.1 Å². The SMILES string of the molecule is Cc1ccc(C)c(C(O)=C2C(=O)C(=O)N(CCCN(C)C)C2c2ccccc2F)c1. The van der Waals surface area contributed by atoms with Crippen LogP contribution in [0.4, 0.5) is 4.39 Å². The Bertz CT molecular complexity index is 1010. The van der Waals surface area contributed by atoms with Crippen LogP contribution in [-0.2, 0) is 9.59 Å². The van der Waals surface area contributed by atoms with Crippen molar-refractivity contribution in [3.63, 3.8) is 0 Å². The number of rotatable bonds is 6. The first kappa shape index (κ1) is 21.7. The highest BCUT2D eigenvalue weighted by molar-refractivity contribution is 6.46. The van der Waals surface area contributed by atoms with Crippen LogP contribution in [0.15, 0.2) is 48.0 Å². The quantitative estimate of drug-likeness (QED) is 0.447. The minimum absolute atomic E-state index is 0.0661. The monoisotopic (exact) mass is 410 g/mol. The number of amides is 1. The van der Waals surface area contributed by atoms with Crippen molar-refractivity contribution in [3.8, 4) is 0 Å². The largest absolute Gasteiger partial charge is 0.507 e. The highest BCUT2D eigenvalue weighted by Crippen LogP contribution is 2.40. The summed E-state index contributed by atoms with van der Waals surface area (Å²) in [6, 6.07) is 10.6. The van der Waals surface area contributed by atoms with Gasteiger partial charge in [0.2, 0.25) is 0 Å². The lowest BCUT2D eigenvalue weighted by atomic mass is 9.93. The van der Waals surface area contributed by atoms with E-state index >= 15 is 0 Å². The molecule has 0 bridgehead atoms. The molecule has 1 aliphatic rings. The van der Waals surface area contributed by atoms with E-state index in [9.17, 15) is 19.1 Å². The van der Waals surface area contributed by atoms with Gasteiger partial charge in [0.05, 0.1) is 11.6 Å². The van der Waals surface area contributed by atoms with Crippen LogP contribution in [0.2, 0.25) is 0 Å². The predicted molar refractivity (Wildman–Crippen MR) is 114 cm³/mol. The van der Waals surface area contributed by atoms with Crippen LogP contribution in [0.3, 0.4) is 0 Å². The number of ketones is 1. The first-order valence-electron chi connectivity index (χ1n) is 9.97. The standard InChI is InChI=1S/C24H27FN2O3/c1-15-10-11-16(2)18(14-15)22(28)20-21(17-8-5-6-9-19(17)25)27(24(30)23(20)29)13-7-12-26(3)4/h5-6,8-11,14,21,28H,7,12-13H2,1-4H3. The Morgan fingerprint density at radius 2 is 1.83 bits per heavy atom. The van der Waals surface area contributed by atoms with Gasteiger partial charge in [-0.2, -0.15) is 0 Å². The zero-order valence-electron chi connectivity index (χ0n) is 17.8. The fourth-order valence-corrected chi connectivity index (χ4v) is 3.82. The minimum Gasteiger partial charge on any atom is -0.507 e. The Labute approximate surface area is 176 Å². The van der Waals surface area contributed by atoms with Gasteiger partial charge >= 0.3 is 0 Å². The Morgan fingerprint density at radius 3 is 2.50 bits per heavy atom. The van der Waals surface area contributed by atoms with E-state index in [0.717, 1.165) is 11.1 Å². The van der Waals surface area contributed by atoms with Crippen molar-refractivity contribution >= 4 is 17.4 Å². The van der Waals surface area contributed by atoms with Gasteiger partial charge in [-0.25, -0.2) is 4.39 Å². The number of aliphatic hydroxyl groups excluding tert-OH is 1. The smallest absolute Gasteiger partial charge is 0.295 e. The molecule has 1 N–H and O–H groups in total. The summed E-state index contributed by atoms with van der Waals surface area (Å²) in [6.45, 7) is 4.69. The zero-order valence-corrected chi connectivity index (χ0v) is 17.8. The summed E-state index contributed by atoms with van der Waals surface area (Å²) in [5.41, 5.74) is 2.29. The number of benzene rings is 2. The molecule has 0 aliphatic carbocycles. The van der Waals surface area contributed by atoms with E-state index in [1.807, 2.05) is 45.0 Å². The van der Waals surface area contributed by atoms with Gasteiger partial charge in [0.25, 0.3) is 11.7 Å². The summed E-state index contributed by atoms with van der Waals surface area (Å²) in [7, 11) is 3.84. The van der Waals surface area contributed by atoms with Crippen LogP contribution >= 0.6 is 0 Å². The topological polar surface area (TPSA) is 60.9 Å². The molecule has 30 heavy (non-hydrogen) atoms. The molecule has 1 unspecified atom stereocenters. The van der Waals surface area contributed by atoms with E-state index in [2.05, 4.69) is 0 Å². The molecule has 0 spiro atoms. The molecule has 6 heteroatoms. The lowest BCUT2D eigenvalue weighted by molar-refractivity contribution is -0.140. The average Bonchev–Trinajstić information content (AvgIpc) is 2.94. The molecule has 0 radical (unpaired) electrons. The number of carbonyl (C=O) groups excluding carboxylic acids is 2. The molecule has 2 aromatic carbocycles. The second-order valence-corrected chi connectivity index (χ2v) is 7.99. The molecule has 2 aromatic rings. The highest BCUT2D eigenvalue weighted by atomic mass is 19.1. The molecule has 1 heterocycles. The normalized spacial score (nSPS) is 18.5. The third kappa shape index (κ3) is 4.14. The molecule has 3 rings (SSSR count). The van der Waals surface area contributed by atoms with Crippen LogP contribution in [-0.4, -0.2) is 53.8 Å². The minimum atomic E-state index is -0.965. The number of halogens is 1. The number of nitrogens with zero attached hydrogens (tertiary/aromatic N) is 2. The summed E-state index contributed by atoms with van der Waals surface area (Å²) < 4.78 is 14.7. The third-order valence-electron chi connectivity index (χ3n) is 5.39. The number of aliphatic hydroxyl groups is 1. The number of hydrogen-bond acceptors (Lipinski definition) is 4. The second kappa shape index (κ2) is 8.79. The van der Waals surface area contributed by atoms with Crippen molar-refractivity contribution in [1.82, 2.24) is 9.80 Å². The molecule has 158 valence electrons. The van der Waals surface area contributed by atoms with Gasteiger partial charge in [-0.1, -0.05) is 35.9 Å². The Hall–Kier alpha value is -2.99. The van der Waals surface area contributed by atoms with Gasteiger partial charge in [-0.05, 0) is 58.6 Å². The van der Waals surface area contributed by atoms with E-state index in [-0.39, 0.29) is 23.4 Å². The fraction of sp³-hybridized carbons (Fsp3) is 0.333. The van der Waals surface area contributed by atoms with Crippen LogP contribution < -0.4 is 0 Å². The molecule has 1 saturated heterocycles. The zero-order chi connectivity index (χ0) is 22.0. The molecule has 0 aromatic heterocycles. The van der Waals surface area contributed by atoms with E-state index in [0.29, 0.717) is 18.5 Å². The van der Waals surface area contributed by atoms with Crippen LogP contribution in [0.5, 0.6) is 0 Å². The fourth-order valence-electron chi connectivity index (χ4n) is 3.82. The van der Waals surface area contributed by atoms with Crippen LogP contribution in [0.1, 0.15) is 34.7 Å². The average molecular weight is 410 g/mol. The molecule has 5 nitrogen and oxygen atoms in total. The van der Waals surface area contributed by atoms with Gasteiger partial charge in [-0.3, -0.25) is 9.59 Å². The van der Waals surface area contributed by atoms with E-state index in [4.69, 9.17) is 0 Å². The maximum atomic E-state index is 14.7. The molecule has 1 fully saturated rings. The maximum absolute atomic E-state index is 14.7. The van der Waals surface area contributed by atoms with Crippen molar-refractivity contribution in [1.29, 1.82) is 0 Å². The van der Waals surface area contributed by atoms with Crippen molar-refractivity contribution in [2.75, 3.05) is 27.2 Å². The molecule has 0 saturated carbocycles. The van der Waals surface area contributed by atoms with E-state index < -0.39 is 23.5 Å². The summed E-state index contributed by atoms with van der Waals surface area (Å²) in [6.07, 6.45) is 0.620. The first-order valence-corrected chi connectivity index (χ1v) is 9.97. The maximum Gasteiger partial charge on any atom is 0.295 e. The number of Topliss-reactive ketones (excluding diaryl/α,β-unsaturated/α-hetero) is 1. The lowest BCUT2D eigenvalue weighted by Crippen LogP contribution is -2.32. The van der Waals surface area contributed by atoms with Crippen LogP contribution in [0, 0.1) is 19.7 Å². The first-order chi connectivity index (χ1) is 14.2. The second-order valence-electron chi connectivity index (χ2n) is 7.99. The molecule has 1 aliphatic heterocycles. The van der Waals surface area contributed by atoms with E-state index in [1.165, 1.54) is 11.0 Å². The van der Waals surface area contributed by atoms with E-state index in [1.54, 1.807) is 24.3 Å². The molecular formula is C24H27FN2O3. The lowest BCUT2D eigenvalue weighted by Gasteiger charge is -2.26. The van der Waals surface area contributed by atoms with Crippen molar-refractivity contribution in [2.24, 2.45) is 0 Å². The Balaban J connectivity index is 2.16. The van der Waals surface area contributed by atoms with Gasteiger partial charge < -0.3 is 14.9 Å². The third-order valence-corrected chi connectivity index (χ3v) is 5.39. The summed E-state index contributed by atoms with van der Waals surface area (Å²) >= 11 is 0. The van der Waals surface area contributed by atoms with Crippen molar-refractivity contribution in [2.45, 2.75) is 26.3 Å². The van der Waals surface area contributed by atoms with Gasteiger partial charge in [-0.15, -0.1) is 0 Å². The van der Waals surface area contributed by atoms with Crippen LogP contribution in [0.25, 0.3) is 5.76 Å². The summed E-state index contributed by atoms with van der Waals surface area (Å²) in [5.74, 6) is -2.29. The molecular weight excluding hydrogens is 383 g/mol. The summed E-state index contributed by atoms with van der Waals surface area (Å²) in [4.78, 5) is 29.2. The molecule has 1 atom stereocenters. The number of likely N-dealkylation sites (tertiary alicyclic amines) is 1. The number of hydrogen-bond donors (Lipinski definition) is 1. The molecule has 1 amide bonds. The Morgan fingerprint density at radius 1 is 1.13 bits per heavy atom. The number of carbonyl (C=O) groups is 2. The van der Waals surface area contributed by atoms with Gasteiger partial charge in [0.15, 0.2) is 0 Å². The van der Waals surface area contributed by atoms with Gasteiger partial charge in [0.1, 0.15) is 11.6 Å². The predicted octanol–water partition coefficient (Wildman–Crippen LogP) is 3.82.